The van der Waals surface area contributed by atoms with E-state index in [-0.39, 0.29) is 18.3 Å². The van der Waals surface area contributed by atoms with E-state index in [1.165, 1.54) is 17.8 Å². The third kappa shape index (κ3) is 6.83. The summed E-state index contributed by atoms with van der Waals surface area (Å²) in [5, 5.41) is 16.8. The number of carbonyl (C=O) groups excluding carboxylic acids is 2. The van der Waals surface area contributed by atoms with Crippen LogP contribution < -0.4 is 15.4 Å². The lowest BCUT2D eigenvalue weighted by atomic mass is 9.82. The number of nitriles is 1. The molecule has 1 aliphatic rings. The van der Waals surface area contributed by atoms with Crippen molar-refractivity contribution >= 4 is 29.3 Å². The van der Waals surface area contributed by atoms with Gasteiger partial charge in [0.15, 0.2) is 0 Å². The van der Waals surface area contributed by atoms with Crippen LogP contribution in [-0.2, 0) is 14.3 Å². The summed E-state index contributed by atoms with van der Waals surface area (Å²) >= 11 is 1.22. The van der Waals surface area contributed by atoms with E-state index in [1.807, 2.05) is 63.2 Å². The van der Waals surface area contributed by atoms with Gasteiger partial charge in [0, 0.05) is 11.4 Å². The number of thioether (sulfide) groups is 1. The first-order valence-corrected chi connectivity index (χ1v) is 12.9. The summed E-state index contributed by atoms with van der Waals surface area (Å²) in [7, 11) is 0. The SMILES string of the molecule is C=CCOC(=O)C1=C(C)NC(SCC(=O)Nc2ccc(C)c(C)c2)=C(C#N)[C@H]1c1ccc(OCC)cc1. The second kappa shape index (κ2) is 12.8. The van der Waals surface area contributed by atoms with Crippen LogP contribution in [0.3, 0.4) is 0 Å². The molecule has 1 atom stereocenters. The quantitative estimate of drug-likeness (QED) is 0.317. The highest BCUT2D eigenvalue weighted by Crippen LogP contribution is 2.41. The minimum absolute atomic E-state index is 0.0531. The average molecular weight is 518 g/mol. The summed E-state index contributed by atoms with van der Waals surface area (Å²) in [6.07, 6.45) is 1.49. The van der Waals surface area contributed by atoms with Gasteiger partial charge in [-0.25, -0.2) is 4.79 Å². The molecule has 8 heteroatoms. The minimum atomic E-state index is -0.662. The van der Waals surface area contributed by atoms with Crippen LogP contribution in [0.1, 0.15) is 36.5 Å². The summed E-state index contributed by atoms with van der Waals surface area (Å²) in [6.45, 7) is 11.8. The number of ether oxygens (including phenoxy) is 2. The third-order valence-corrected chi connectivity index (χ3v) is 6.88. The van der Waals surface area contributed by atoms with E-state index < -0.39 is 11.9 Å². The Balaban J connectivity index is 1.90. The molecule has 3 rings (SSSR count). The normalized spacial score (nSPS) is 14.9. The van der Waals surface area contributed by atoms with Crippen LogP contribution in [0.15, 0.2) is 77.0 Å². The minimum Gasteiger partial charge on any atom is -0.494 e. The highest BCUT2D eigenvalue weighted by atomic mass is 32.2. The highest BCUT2D eigenvalue weighted by molar-refractivity contribution is 8.03. The number of hydrogen-bond acceptors (Lipinski definition) is 7. The molecule has 0 saturated carbocycles. The van der Waals surface area contributed by atoms with Gasteiger partial charge in [0.25, 0.3) is 0 Å². The van der Waals surface area contributed by atoms with Gasteiger partial charge in [0.2, 0.25) is 5.91 Å². The lowest BCUT2D eigenvalue weighted by Crippen LogP contribution is -2.29. The first-order valence-electron chi connectivity index (χ1n) is 11.9. The van der Waals surface area contributed by atoms with Crippen LogP contribution in [0, 0.1) is 25.2 Å². The van der Waals surface area contributed by atoms with Crippen molar-refractivity contribution in [2.24, 2.45) is 0 Å². The zero-order valence-corrected chi connectivity index (χ0v) is 22.3. The van der Waals surface area contributed by atoms with Gasteiger partial charge in [0.1, 0.15) is 12.4 Å². The zero-order valence-electron chi connectivity index (χ0n) is 21.5. The Morgan fingerprint density at radius 1 is 1.16 bits per heavy atom. The van der Waals surface area contributed by atoms with Gasteiger partial charge in [-0.3, -0.25) is 4.79 Å². The molecule has 0 aromatic heterocycles. The number of hydrogen-bond donors (Lipinski definition) is 2. The van der Waals surface area contributed by atoms with E-state index >= 15 is 0 Å². The number of amides is 1. The molecule has 37 heavy (non-hydrogen) atoms. The third-order valence-electron chi connectivity index (χ3n) is 5.86. The molecule has 0 spiro atoms. The van der Waals surface area contributed by atoms with Crippen molar-refractivity contribution in [3.8, 4) is 11.8 Å². The molecular formula is C29H31N3O4S. The van der Waals surface area contributed by atoms with Crippen molar-refractivity contribution in [2.75, 3.05) is 24.3 Å². The molecule has 0 saturated heterocycles. The van der Waals surface area contributed by atoms with Crippen LogP contribution in [0.4, 0.5) is 5.69 Å². The van der Waals surface area contributed by atoms with Crippen LogP contribution >= 0.6 is 11.8 Å². The number of benzene rings is 2. The lowest BCUT2D eigenvalue weighted by Gasteiger charge is -2.29. The van der Waals surface area contributed by atoms with Gasteiger partial charge >= 0.3 is 5.97 Å². The molecule has 1 heterocycles. The number of anilines is 1. The van der Waals surface area contributed by atoms with Crippen molar-refractivity contribution < 1.29 is 19.1 Å². The van der Waals surface area contributed by atoms with Crippen LogP contribution in [-0.4, -0.2) is 30.8 Å². The summed E-state index contributed by atoms with van der Waals surface area (Å²) in [5.41, 5.74) is 4.93. The summed E-state index contributed by atoms with van der Waals surface area (Å²) < 4.78 is 10.9. The fourth-order valence-corrected chi connectivity index (χ4v) is 4.81. The first kappa shape index (κ1) is 27.6. The van der Waals surface area contributed by atoms with Gasteiger partial charge in [-0.05, 0) is 68.7 Å². The van der Waals surface area contributed by atoms with Gasteiger partial charge in [-0.2, -0.15) is 5.26 Å². The second-order valence-corrected chi connectivity index (χ2v) is 9.46. The van der Waals surface area contributed by atoms with E-state index in [9.17, 15) is 14.9 Å². The van der Waals surface area contributed by atoms with Gasteiger partial charge < -0.3 is 20.1 Å². The lowest BCUT2D eigenvalue weighted by molar-refractivity contribution is -0.138. The van der Waals surface area contributed by atoms with E-state index in [4.69, 9.17) is 9.47 Å². The average Bonchev–Trinajstić information content (AvgIpc) is 2.88. The Hall–Kier alpha value is -3.96. The van der Waals surface area contributed by atoms with Crippen LogP contribution in [0.5, 0.6) is 5.75 Å². The zero-order chi connectivity index (χ0) is 26.9. The topological polar surface area (TPSA) is 100 Å². The van der Waals surface area contributed by atoms with E-state index in [0.29, 0.717) is 34.2 Å². The molecule has 0 aliphatic carbocycles. The number of nitrogens with one attached hydrogen (secondary N) is 2. The standard InChI is InChI=1S/C29H31N3O4S/c1-6-14-36-29(34)26-20(5)31-28(37-17-25(33)32-22-11-8-18(3)19(4)15-22)24(16-30)27(26)21-9-12-23(13-10-21)35-7-2/h6,8-13,15,27,31H,1,7,14,17H2,2-5H3,(H,32,33)/t27-/m1/s1. The summed E-state index contributed by atoms with van der Waals surface area (Å²) in [5.74, 6) is -0.621. The summed E-state index contributed by atoms with van der Waals surface area (Å²) in [4.78, 5) is 25.7. The molecule has 0 unspecified atom stereocenters. The number of dihydropyridines is 1. The molecule has 0 radical (unpaired) electrons. The van der Waals surface area contributed by atoms with Crippen molar-refractivity contribution in [1.82, 2.24) is 5.32 Å². The van der Waals surface area contributed by atoms with E-state index in [2.05, 4.69) is 23.3 Å². The fourth-order valence-electron chi connectivity index (χ4n) is 3.92. The monoisotopic (exact) mass is 517 g/mol. The number of nitrogens with zero attached hydrogens (tertiary/aromatic N) is 1. The molecule has 7 nitrogen and oxygen atoms in total. The maximum absolute atomic E-state index is 13.0. The largest absolute Gasteiger partial charge is 0.494 e. The van der Waals surface area contributed by atoms with Crippen LogP contribution in [0.25, 0.3) is 0 Å². The van der Waals surface area contributed by atoms with Crippen LogP contribution in [0.2, 0.25) is 0 Å². The van der Waals surface area contributed by atoms with Gasteiger partial charge in [-0.15, -0.1) is 0 Å². The van der Waals surface area contributed by atoms with Gasteiger partial charge in [0.05, 0.1) is 40.5 Å². The van der Waals surface area contributed by atoms with Crippen molar-refractivity contribution in [1.29, 1.82) is 5.26 Å². The van der Waals surface area contributed by atoms with Crippen molar-refractivity contribution in [2.45, 2.75) is 33.6 Å². The number of aryl methyl sites for hydroxylation is 2. The van der Waals surface area contributed by atoms with Crippen molar-refractivity contribution in [3.05, 3.63) is 93.7 Å². The summed E-state index contributed by atoms with van der Waals surface area (Å²) in [6, 6.07) is 15.3. The van der Waals surface area contributed by atoms with Crippen molar-refractivity contribution in [3.63, 3.8) is 0 Å². The maximum atomic E-state index is 13.0. The maximum Gasteiger partial charge on any atom is 0.337 e. The number of carbonyl (C=O) groups is 2. The molecule has 2 aromatic rings. The second-order valence-electron chi connectivity index (χ2n) is 8.48. The molecule has 1 amide bonds. The predicted octanol–water partition coefficient (Wildman–Crippen LogP) is 5.50. The predicted molar refractivity (Wildman–Crippen MR) is 147 cm³/mol. The Labute approximate surface area is 222 Å². The molecule has 1 aliphatic heterocycles. The molecular weight excluding hydrogens is 486 g/mol. The van der Waals surface area contributed by atoms with E-state index in [1.54, 1.807) is 6.92 Å². The number of esters is 1. The smallest absolute Gasteiger partial charge is 0.337 e. The first-order chi connectivity index (χ1) is 17.8. The number of allylic oxidation sites excluding steroid dienone is 2. The molecule has 2 N–H and O–H groups in total. The van der Waals surface area contributed by atoms with E-state index in [0.717, 1.165) is 22.4 Å². The van der Waals surface area contributed by atoms with Gasteiger partial charge in [-0.1, -0.05) is 42.6 Å². The Morgan fingerprint density at radius 3 is 2.51 bits per heavy atom. The fraction of sp³-hybridized carbons (Fsp3) is 0.276. The molecule has 0 bridgehead atoms. The highest BCUT2D eigenvalue weighted by Gasteiger charge is 2.35. The molecule has 192 valence electrons. The Morgan fingerprint density at radius 2 is 1.89 bits per heavy atom. The Kier molecular flexibility index (Phi) is 9.58. The Bertz CT molecular complexity index is 1290. The molecule has 2 aromatic carbocycles. The molecule has 0 fully saturated rings. The number of rotatable bonds is 10.